The summed E-state index contributed by atoms with van der Waals surface area (Å²) >= 11 is 8.75. The van der Waals surface area contributed by atoms with E-state index in [0.717, 1.165) is 5.56 Å². The maximum Gasteiger partial charge on any atom is 0.239 e. The lowest BCUT2D eigenvalue weighted by molar-refractivity contribution is -0.116. The van der Waals surface area contributed by atoms with Crippen LogP contribution in [0.25, 0.3) is 0 Å². The first-order valence-electron chi connectivity index (χ1n) is 9.22. The molecule has 0 saturated heterocycles. The standard InChI is InChI=1S/C19H21ClN6O2S2/c1-4-26-15(10-16(27)22-13-6-5-11(2)14(20)9-13)24-25-19(26)30-12(3)17(28)23-18-21-7-8-29-18/h5-9,12H,4,10H2,1-3H3,(H,22,27)(H,21,23,28)/t12-/m1/s1. The van der Waals surface area contributed by atoms with Crippen molar-refractivity contribution in [2.45, 2.75) is 44.1 Å². The molecular weight excluding hydrogens is 444 g/mol. The van der Waals surface area contributed by atoms with Crippen LogP contribution in [0.5, 0.6) is 0 Å². The van der Waals surface area contributed by atoms with E-state index in [2.05, 4.69) is 25.8 Å². The van der Waals surface area contributed by atoms with Crippen molar-refractivity contribution in [2.24, 2.45) is 0 Å². The molecule has 2 heterocycles. The number of rotatable bonds is 8. The zero-order valence-corrected chi connectivity index (χ0v) is 19.1. The first-order chi connectivity index (χ1) is 14.4. The van der Waals surface area contributed by atoms with Crippen LogP contribution in [0.2, 0.25) is 5.02 Å². The van der Waals surface area contributed by atoms with E-state index in [1.165, 1.54) is 23.1 Å². The number of aromatic nitrogens is 4. The first-order valence-corrected chi connectivity index (χ1v) is 11.4. The zero-order chi connectivity index (χ0) is 21.7. The molecule has 3 rings (SSSR count). The van der Waals surface area contributed by atoms with Gasteiger partial charge in [-0.15, -0.1) is 21.5 Å². The van der Waals surface area contributed by atoms with Crippen molar-refractivity contribution in [2.75, 3.05) is 10.6 Å². The molecule has 30 heavy (non-hydrogen) atoms. The fourth-order valence-electron chi connectivity index (χ4n) is 2.58. The lowest BCUT2D eigenvalue weighted by Gasteiger charge is -2.12. The topological polar surface area (TPSA) is 102 Å². The van der Waals surface area contributed by atoms with Gasteiger partial charge in [-0.2, -0.15) is 0 Å². The SMILES string of the molecule is CCn1c(CC(=O)Nc2ccc(C)c(Cl)c2)nnc1S[C@H](C)C(=O)Nc1nccs1. The Balaban J connectivity index is 1.63. The quantitative estimate of drug-likeness (QED) is 0.488. The molecule has 3 aromatic rings. The van der Waals surface area contributed by atoms with E-state index in [4.69, 9.17) is 11.6 Å². The monoisotopic (exact) mass is 464 g/mol. The van der Waals surface area contributed by atoms with Gasteiger partial charge in [0.2, 0.25) is 11.8 Å². The number of thiazole rings is 1. The van der Waals surface area contributed by atoms with Crippen molar-refractivity contribution in [1.29, 1.82) is 0 Å². The van der Waals surface area contributed by atoms with Crippen LogP contribution in [0.1, 0.15) is 25.2 Å². The number of aryl methyl sites for hydroxylation is 1. The Morgan fingerprint density at radius 1 is 1.30 bits per heavy atom. The molecule has 1 aromatic carbocycles. The maximum atomic E-state index is 12.5. The average Bonchev–Trinajstić information content (AvgIpc) is 3.34. The van der Waals surface area contributed by atoms with Crippen molar-refractivity contribution in [3.05, 3.63) is 46.2 Å². The van der Waals surface area contributed by atoms with Gasteiger partial charge in [0.15, 0.2) is 10.3 Å². The third-order valence-corrected chi connectivity index (χ3v) is 6.37. The molecule has 0 bridgehead atoms. The second kappa shape index (κ2) is 10.1. The Morgan fingerprint density at radius 3 is 2.77 bits per heavy atom. The van der Waals surface area contributed by atoms with Crippen molar-refractivity contribution in [1.82, 2.24) is 19.7 Å². The predicted molar refractivity (Wildman–Crippen MR) is 120 cm³/mol. The lowest BCUT2D eigenvalue weighted by Crippen LogP contribution is -2.23. The van der Waals surface area contributed by atoms with E-state index in [1.807, 2.05) is 24.5 Å². The zero-order valence-electron chi connectivity index (χ0n) is 16.7. The van der Waals surface area contributed by atoms with Crippen LogP contribution in [-0.2, 0) is 22.6 Å². The van der Waals surface area contributed by atoms with Crippen LogP contribution in [0, 0.1) is 6.92 Å². The highest BCUT2D eigenvalue weighted by atomic mass is 35.5. The summed E-state index contributed by atoms with van der Waals surface area (Å²) in [5, 5.41) is 17.0. The Bertz CT molecular complexity index is 1040. The molecule has 0 unspecified atom stereocenters. The second-order valence-electron chi connectivity index (χ2n) is 6.42. The van der Waals surface area contributed by atoms with E-state index in [9.17, 15) is 9.59 Å². The molecule has 158 valence electrons. The van der Waals surface area contributed by atoms with Gasteiger partial charge >= 0.3 is 0 Å². The van der Waals surface area contributed by atoms with Gasteiger partial charge in [0, 0.05) is 28.8 Å². The van der Waals surface area contributed by atoms with Crippen molar-refractivity contribution >= 4 is 57.3 Å². The maximum absolute atomic E-state index is 12.5. The summed E-state index contributed by atoms with van der Waals surface area (Å²) in [4.78, 5) is 28.9. The number of anilines is 2. The highest BCUT2D eigenvalue weighted by Crippen LogP contribution is 2.24. The van der Waals surface area contributed by atoms with E-state index < -0.39 is 5.25 Å². The van der Waals surface area contributed by atoms with Gasteiger partial charge in [0.1, 0.15) is 5.82 Å². The fourth-order valence-corrected chi connectivity index (χ4v) is 4.22. The molecule has 2 N–H and O–H groups in total. The second-order valence-corrected chi connectivity index (χ2v) is 9.03. The first kappa shape index (κ1) is 22.3. The van der Waals surface area contributed by atoms with Crippen molar-refractivity contribution in [3.8, 4) is 0 Å². The van der Waals surface area contributed by atoms with E-state index in [1.54, 1.807) is 30.6 Å². The number of thioether (sulfide) groups is 1. The van der Waals surface area contributed by atoms with Crippen LogP contribution in [-0.4, -0.2) is 36.8 Å². The summed E-state index contributed by atoms with van der Waals surface area (Å²) in [6.07, 6.45) is 1.69. The summed E-state index contributed by atoms with van der Waals surface area (Å²) in [5.41, 5.74) is 1.57. The highest BCUT2D eigenvalue weighted by Gasteiger charge is 2.21. The predicted octanol–water partition coefficient (Wildman–Crippen LogP) is 4.02. The van der Waals surface area contributed by atoms with Crippen LogP contribution in [0.3, 0.4) is 0 Å². The van der Waals surface area contributed by atoms with Crippen LogP contribution < -0.4 is 10.6 Å². The van der Waals surface area contributed by atoms with E-state index >= 15 is 0 Å². The minimum absolute atomic E-state index is 0.0621. The minimum atomic E-state index is -0.403. The summed E-state index contributed by atoms with van der Waals surface area (Å²) in [7, 11) is 0. The number of carbonyl (C=O) groups excluding carboxylic acids is 2. The summed E-state index contributed by atoms with van der Waals surface area (Å²) < 4.78 is 1.83. The average molecular weight is 465 g/mol. The molecule has 0 radical (unpaired) electrons. The molecule has 0 aliphatic heterocycles. The molecule has 8 nitrogen and oxygen atoms in total. The van der Waals surface area contributed by atoms with Gasteiger partial charge in [-0.05, 0) is 38.5 Å². The fraction of sp³-hybridized carbons (Fsp3) is 0.316. The highest BCUT2D eigenvalue weighted by molar-refractivity contribution is 8.00. The molecule has 2 aromatic heterocycles. The van der Waals surface area contributed by atoms with Gasteiger partial charge in [-0.1, -0.05) is 29.4 Å². The molecule has 11 heteroatoms. The van der Waals surface area contributed by atoms with Crippen molar-refractivity contribution < 1.29 is 9.59 Å². The number of carbonyl (C=O) groups is 2. The normalized spacial score (nSPS) is 11.9. The molecular formula is C19H21ClN6O2S2. The third kappa shape index (κ3) is 5.59. The van der Waals surface area contributed by atoms with Crippen LogP contribution in [0.4, 0.5) is 10.8 Å². The van der Waals surface area contributed by atoms with Gasteiger partial charge in [0.05, 0.1) is 11.7 Å². The smallest absolute Gasteiger partial charge is 0.239 e. The summed E-state index contributed by atoms with van der Waals surface area (Å²) in [6, 6.07) is 5.36. The number of hydrogen-bond acceptors (Lipinski definition) is 7. The van der Waals surface area contributed by atoms with Gasteiger partial charge in [-0.3, -0.25) is 9.59 Å². The summed E-state index contributed by atoms with van der Waals surface area (Å²) in [5.74, 6) is 0.141. The van der Waals surface area contributed by atoms with Crippen LogP contribution >= 0.6 is 34.7 Å². The lowest BCUT2D eigenvalue weighted by atomic mass is 10.2. The molecule has 0 fully saturated rings. The number of benzene rings is 1. The van der Waals surface area contributed by atoms with E-state index in [0.29, 0.717) is 33.4 Å². The molecule has 0 spiro atoms. The Hall–Kier alpha value is -2.43. The Labute approximate surface area is 187 Å². The Morgan fingerprint density at radius 2 is 2.10 bits per heavy atom. The van der Waals surface area contributed by atoms with Gasteiger partial charge in [-0.25, -0.2) is 4.98 Å². The number of amides is 2. The molecule has 0 saturated carbocycles. The van der Waals surface area contributed by atoms with Crippen molar-refractivity contribution in [3.63, 3.8) is 0 Å². The molecule has 1 atom stereocenters. The largest absolute Gasteiger partial charge is 0.326 e. The Kier molecular flexibility index (Phi) is 7.46. The number of hydrogen-bond donors (Lipinski definition) is 2. The summed E-state index contributed by atoms with van der Waals surface area (Å²) in [6.45, 7) is 6.20. The molecule has 2 amide bonds. The van der Waals surface area contributed by atoms with Crippen LogP contribution in [0.15, 0.2) is 34.9 Å². The number of nitrogens with zero attached hydrogens (tertiary/aromatic N) is 4. The molecule has 0 aliphatic carbocycles. The molecule has 0 aliphatic rings. The number of nitrogens with one attached hydrogen (secondary N) is 2. The third-order valence-electron chi connectivity index (χ3n) is 4.20. The van der Waals surface area contributed by atoms with Gasteiger partial charge < -0.3 is 15.2 Å². The minimum Gasteiger partial charge on any atom is -0.326 e. The number of halogens is 1. The van der Waals surface area contributed by atoms with E-state index in [-0.39, 0.29) is 18.2 Å². The van der Waals surface area contributed by atoms with Gasteiger partial charge in [0.25, 0.3) is 0 Å².